The molecule has 3 heteroatoms. The minimum atomic E-state index is 0.0869. The number of hydrogen-bond donors (Lipinski definition) is 0. The number of ketones is 1. The predicted octanol–water partition coefficient (Wildman–Crippen LogP) is 1.79. The van der Waals surface area contributed by atoms with Gasteiger partial charge in [0.25, 0.3) is 0 Å². The maximum Gasteiger partial charge on any atom is 0.173 e. The topological polar surface area (TPSA) is 26.3 Å². The molecule has 0 radical (unpaired) electrons. The summed E-state index contributed by atoms with van der Waals surface area (Å²) in [4.78, 5) is 11.9. The molecule has 0 amide bonds. The third kappa shape index (κ3) is 2.34. The zero-order valence-corrected chi connectivity index (χ0v) is 11.2. The summed E-state index contributed by atoms with van der Waals surface area (Å²) in [5.41, 5.74) is 0.737. The number of hydrogen-bond acceptors (Lipinski definition) is 2. The second kappa shape index (κ2) is 5.32. The number of ether oxygens (including phenoxy) is 1. The summed E-state index contributed by atoms with van der Waals surface area (Å²) in [5.74, 6) is 0.898. The maximum absolute atomic E-state index is 11.9. The molecule has 17 heavy (non-hydrogen) atoms. The summed E-state index contributed by atoms with van der Waals surface area (Å²) in [7, 11) is 1.65. The molecule has 0 unspecified atom stereocenters. The van der Waals surface area contributed by atoms with E-state index in [1.807, 2.05) is 24.3 Å². The number of halogens is 1. The van der Waals surface area contributed by atoms with Gasteiger partial charge in [-0.25, -0.2) is 0 Å². The van der Waals surface area contributed by atoms with Crippen LogP contribution in [0.5, 0.6) is 5.75 Å². The molecular formula is C14H13BrO2. The second-order valence-corrected chi connectivity index (χ2v) is 4.29. The highest BCUT2D eigenvalue weighted by Crippen LogP contribution is 2.05. The van der Waals surface area contributed by atoms with Crippen molar-refractivity contribution in [1.29, 1.82) is 0 Å². The number of alkyl halides is 1. The van der Waals surface area contributed by atoms with Crippen molar-refractivity contribution < 1.29 is 9.53 Å². The fourth-order valence-corrected chi connectivity index (χ4v) is 2.23. The highest BCUT2D eigenvalue weighted by atomic mass is 79.9. The molecular weight excluding hydrogens is 280 g/mol. The highest BCUT2D eigenvalue weighted by Gasteiger charge is 2.09. The molecule has 1 aromatic carbocycles. The maximum atomic E-state index is 11.9. The van der Waals surface area contributed by atoms with Gasteiger partial charge < -0.3 is 4.74 Å². The van der Waals surface area contributed by atoms with Gasteiger partial charge in [0.2, 0.25) is 0 Å². The molecule has 0 saturated heterocycles. The number of carbonyl (C=O) groups is 1. The van der Waals surface area contributed by atoms with E-state index in [1.165, 1.54) is 0 Å². The number of rotatable bonds is 3. The number of fused-ring (bicyclic) bond motifs is 1. The van der Waals surface area contributed by atoms with E-state index < -0.39 is 0 Å². The zero-order valence-electron chi connectivity index (χ0n) is 9.57. The Morgan fingerprint density at radius 2 is 2.24 bits per heavy atom. The van der Waals surface area contributed by atoms with E-state index in [0.717, 1.165) is 28.2 Å². The standard InChI is InChI=1S/C14H13BrO2/c1-17-14-8-7-11(13(16)9-15)10-5-3-2-4-6-12(10)14/h2-3,5-8H,4,9H2,1H3. The largest absolute Gasteiger partial charge is 0.496 e. The molecule has 0 N–H and O–H groups in total. The molecule has 0 aliphatic heterocycles. The SMILES string of the molecule is COc1ccc(C(=O)CBr)c2c1=CCC=CC=2. The van der Waals surface area contributed by atoms with Crippen molar-refractivity contribution >= 4 is 33.9 Å². The van der Waals surface area contributed by atoms with Gasteiger partial charge in [-0.05, 0) is 23.8 Å². The van der Waals surface area contributed by atoms with Crippen LogP contribution in [-0.4, -0.2) is 18.2 Å². The first kappa shape index (κ1) is 12.1. The Bertz CT molecular complexity index is 585. The van der Waals surface area contributed by atoms with Gasteiger partial charge in [-0.15, -0.1) is 0 Å². The molecule has 2 rings (SSSR count). The quantitative estimate of drug-likeness (QED) is 0.627. The van der Waals surface area contributed by atoms with Gasteiger partial charge in [0.05, 0.1) is 12.4 Å². The first-order valence-corrected chi connectivity index (χ1v) is 6.53. The van der Waals surface area contributed by atoms with Crippen LogP contribution in [0.25, 0.3) is 12.2 Å². The number of carbonyl (C=O) groups excluding carboxylic acids is 1. The lowest BCUT2D eigenvalue weighted by molar-refractivity contribution is 0.102. The lowest BCUT2D eigenvalue weighted by atomic mass is 10.1. The number of benzene rings is 1. The molecule has 88 valence electrons. The predicted molar refractivity (Wildman–Crippen MR) is 73.1 cm³/mol. The molecule has 0 atom stereocenters. The average molecular weight is 293 g/mol. The Kier molecular flexibility index (Phi) is 3.79. The van der Waals surface area contributed by atoms with Crippen molar-refractivity contribution in [2.45, 2.75) is 6.42 Å². The van der Waals surface area contributed by atoms with Crippen LogP contribution in [0.1, 0.15) is 16.8 Å². The van der Waals surface area contributed by atoms with Crippen molar-refractivity contribution in [2.75, 3.05) is 12.4 Å². The fourth-order valence-electron chi connectivity index (χ4n) is 1.93. The third-order valence-electron chi connectivity index (χ3n) is 2.75. The summed E-state index contributed by atoms with van der Waals surface area (Å²) in [5, 5.41) is 2.29. The van der Waals surface area contributed by atoms with Crippen molar-refractivity contribution in [3.8, 4) is 5.75 Å². The Balaban J connectivity index is 2.79. The van der Waals surface area contributed by atoms with Crippen LogP contribution in [-0.2, 0) is 0 Å². The van der Waals surface area contributed by atoms with E-state index in [-0.39, 0.29) is 5.78 Å². The smallest absolute Gasteiger partial charge is 0.173 e. The number of allylic oxidation sites excluding steroid dienone is 2. The van der Waals surface area contributed by atoms with Crippen molar-refractivity contribution in [3.63, 3.8) is 0 Å². The van der Waals surface area contributed by atoms with E-state index in [2.05, 4.69) is 28.1 Å². The van der Waals surface area contributed by atoms with Gasteiger partial charge in [0, 0.05) is 10.8 Å². The Morgan fingerprint density at radius 1 is 1.41 bits per heavy atom. The van der Waals surface area contributed by atoms with Gasteiger partial charge >= 0.3 is 0 Å². The van der Waals surface area contributed by atoms with Crippen molar-refractivity contribution in [2.24, 2.45) is 0 Å². The second-order valence-electron chi connectivity index (χ2n) is 3.73. The monoisotopic (exact) mass is 292 g/mol. The summed E-state index contributed by atoms with van der Waals surface area (Å²) in [6.45, 7) is 0. The van der Waals surface area contributed by atoms with Crippen molar-refractivity contribution in [3.05, 3.63) is 40.3 Å². The minimum Gasteiger partial charge on any atom is -0.496 e. The molecule has 2 nitrogen and oxygen atoms in total. The van der Waals surface area contributed by atoms with Crippen LogP contribution >= 0.6 is 15.9 Å². The first-order valence-electron chi connectivity index (χ1n) is 5.41. The minimum absolute atomic E-state index is 0.0869. The zero-order chi connectivity index (χ0) is 12.3. The Hall–Kier alpha value is -1.35. The van der Waals surface area contributed by atoms with E-state index in [4.69, 9.17) is 4.74 Å². The Labute approximate surface area is 108 Å². The molecule has 1 aliphatic rings. The molecule has 0 saturated carbocycles. The van der Waals surface area contributed by atoms with E-state index in [0.29, 0.717) is 5.33 Å². The fraction of sp³-hybridized carbons (Fsp3) is 0.214. The molecule has 0 heterocycles. The Morgan fingerprint density at radius 3 is 2.94 bits per heavy atom. The third-order valence-corrected chi connectivity index (χ3v) is 3.26. The van der Waals surface area contributed by atoms with Gasteiger partial charge in [-0.3, -0.25) is 4.79 Å². The van der Waals surface area contributed by atoms with Gasteiger partial charge in [0.15, 0.2) is 5.78 Å². The molecule has 1 aliphatic carbocycles. The van der Waals surface area contributed by atoms with Crippen LogP contribution in [0, 0.1) is 0 Å². The van der Waals surface area contributed by atoms with Gasteiger partial charge in [-0.2, -0.15) is 0 Å². The number of Topliss-reactive ketones (excluding diaryl/α,β-unsaturated/α-hetero) is 1. The molecule has 0 aromatic heterocycles. The summed E-state index contributed by atoms with van der Waals surface area (Å²) < 4.78 is 5.33. The lowest BCUT2D eigenvalue weighted by Gasteiger charge is -2.05. The molecule has 1 aromatic rings. The normalized spacial score (nSPS) is 13.1. The van der Waals surface area contributed by atoms with E-state index >= 15 is 0 Å². The summed E-state index contributed by atoms with van der Waals surface area (Å²) >= 11 is 3.21. The number of methoxy groups -OCH3 is 1. The van der Waals surface area contributed by atoms with Crippen molar-refractivity contribution in [1.82, 2.24) is 0 Å². The van der Waals surface area contributed by atoms with Crippen LogP contribution < -0.4 is 15.2 Å². The van der Waals surface area contributed by atoms with Crippen LogP contribution in [0.3, 0.4) is 0 Å². The summed E-state index contributed by atoms with van der Waals surface area (Å²) in [6, 6.07) is 3.68. The summed E-state index contributed by atoms with van der Waals surface area (Å²) in [6.07, 6.45) is 8.94. The molecule has 0 bridgehead atoms. The first-order chi connectivity index (χ1) is 8.27. The van der Waals surface area contributed by atoms with Crippen LogP contribution in [0.2, 0.25) is 0 Å². The van der Waals surface area contributed by atoms with E-state index in [9.17, 15) is 4.79 Å². The molecule has 0 fully saturated rings. The lowest BCUT2D eigenvalue weighted by Crippen LogP contribution is -2.32. The van der Waals surface area contributed by atoms with Gasteiger partial charge in [-0.1, -0.05) is 40.2 Å². The molecule has 0 spiro atoms. The van der Waals surface area contributed by atoms with Crippen LogP contribution in [0.15, 0.2) is 24.3 Å². The highest BCUT2D eigenvalue weighted by molar-refractivity contribution is 9.09. The van der Waals surface area contributed by atoms with E-state index in [1.54, 1.807) is 7.11 Å². The van der Waals surface area contributed by atoms with Gasteiger partial charge in [0.1, 0.15) is 5.75 Å². The van der Waals surface area contributed by atoms with Crippen LogP contribution in [0.4, 0.5) is 0 Å². The average Bonchev–Trinajstić information content (AvgIpc) is 2.62.